The van der Waals surface area contributed by atoms with Crippen molar-refractivity contribution >= 4 is 0 Å². The van der Waals surface area contributed by atoms with E-state index in [2.05, 4.69) is 15.1 Å². The molecule has 0 amide bonds. The number of aryl methyl sites for hydroxylation is 1. The largest absolute Gasteiger partial charge is 0.419 e. The summed E-state index contributed by atoms with van der Waals surface area (Å²) >= 11 is 0. The fraction of sp³-hybridized carbons (Fsp3) is 0.467. The van der Waals surface area contributed by atoms with Crippen LogP contribution >= 0.6 is 0 Å². The van der Waals surface area contributed by atoms with E-state index >= 15 is 0 Å². The molecule has 21 heavy (non-hydrogen) atoms. The van der Waals surface area contributed by atoms with E-state index in [-0.39, 0.29) is 12.7 Å². The van der Waals surface area contributed by atoms with E-state index in [9.17, 15) is 0 Å². The van der Waals surface area contributed by atoms with E-state index in [1.807, 2.05) is 31.2 Å². The van der Waals surface area contributed by atoms with Crippen LogP contribution in [0.4, 0.5) is 0 Å². The number of morpholine rings is 1. The fourth-order valence-electron chi connectivity index (χ4n) is 2.44. The Labute approximate surface area is 123 Å². The van der Waals surface area contributed by atoms with Crippen molar-refractivity contribution in [2.75, 3.05) is 26.3 Å². The average molecular weight is 289 g/mol. The quantitative estimate of drug-likeness (QED) is 0.913. The van der Waals surface area contributed by atoms with Crippen LogP contribution < -0.4 is 0 Å². The Hall–Kier alpha value is -1.76. The summed E-state index contributed by atoms with van der Waals surface area (Å²) in [6, 6.07) is 7.99. The van der Waals surface area contributed by atoms with Crippen LogP contribution in [0, 0.1) is 6.92 Å². The van der Waals surface area contributed by atoms with Gasteiger partial charge in [-0.15, -0.1) is 10.2 Å². The third kappa shape index (κ3) is 3.47. The van der Waals surface area contributed by atoms with Crippen molar-refractivity contribution in [1.29, 1.82) is 0 Å². The second-order valence-corrected chi connectivity index (χ2v) is 5.28. The molecule has 1 N–H and O–H groups in total. The minimum Gasteiger partial charge on any atom is -0.419 e. The maximum atomic E-state index is 9.15. The number of benzene rings is 1. The summed E-state index contributed by atoms with van der Waals surface area (Å²) in [6.07, 6.45) is -0.127. The Morgan fingerprint density at radius 3 is 3.10 bits per heavy atom. The number of rotatable bonds is 4. The summed E-state index contributed by atoms with van der Waals surface area (Å²) in [6.45, 7) is 4.75. The molecule has 112 valence electrons. The molecule has 0 saturated carbocycles. The molecule has 0 spiro atoms. The van der Waals surface area contributed by atoms with Gasteiger partial charge in [-0.2, -0.15) is 0 Å². The summed E-state index contributed by atoms with van der Waals surface area (Å²) in [5.74, 6) is 1.13. The van der Waals surface area contributed by atoms with Gasteiger partial charge in [-0.25, -0.2) is 0 Å². The molecule has 1 atom stereocenters. The van der Waals surface area contributed by atoms with Crippen molar-refractivity contribution < 1.29 is 14.3 Å². The predicted octanol–water partition coefficient (Wildman–Crippen LogP) is 1.24. The van der Waals surface area contributed by atoms with E-state index in [4.69, 9.17) is 14.3 Å². The summed E-state index contributed by atoms with van der Waals surface area (Å²) in [5, 5.41) is 17.4. The van der Waals surface area contributed by atoms with E-state index in [0.29, 0.717) is 31.5 Å². The standard InChI is InChI=1S/C15H19N3O3/c1-11-3-2-4-12(7-11)15-17-16-14(21-15)9-18-5-6-20-13(8-18)10-19/h2-4,7,13,19H,5-6,8-10H2,1H3. The van der Waals surface area contributed by atoms with Gasteiger partial charge >= 0.3 is 0 Å². The number of hydrogen-bond donors (Lipinski definition) is 1. The van der Waals surface area contributed by atoms with E-state index in [0.717, 1.165) is 17.7 Å². The molecular weight excluding hydrogens is 270 g/mol. The van der Waals surface area contributed by atoms with Crippen molar-refractivity contribution in [3.8, 4) is 11.5 Å². The fourth-order valence-corrected chi connectivity index (χ4v) is 2.44. The molecule has 1 aromatic carbocycles. The van der Waals surface area contributed by atoms with Gasteiger partial charge in [0.15, 0.2) is 0 Å². The van der Waals surface area contributed by atoms with Crippen LogP contribution in [0.5, 0.6) is 0 Å². The minimum atomic E-state index is -0.127. The van der Waals surface area contributed by atoms with Crippen molar-refractivity contribution in [2.24, 2.45) is 0 Å². The molecule has 3 rings (SSSR count). The normalized spacial score (nSPS) is 19.8. The number of aliphatic hydroxyl groups is 1. The average Bonchev–Trinajstić information content (AvgIpc) is 2.96. The van der Waals surface area contributed by atoms with E-state index < -0.39 is 0 Å². The molecule has 2 heterocycles. The first kappa shape index (κ1) is 14.2. The molecule has 1 aliphatic heterocycles. The first-order valence-electron chi connectivity index (χ1n) is 7.09. The van der Waals surface area contributed by atoms with Crippen LogP contribution in [0.15, 0.2) is 28.7 Å². The van der Waals surface area contributed by atoms with Gasteiger partial charge in [-0.3, -0.25) is 4.90 Å². The highest BCUT2D eigenvalue weighted by molar-refractivity contribution is 5.53. The maximum absolute atomic E-state index is 9.15. The molecule has 1 aromatic heterocycles. The van der Waals surface area contributed by atoms with Crippen LogP contribution in [0.2, 0.25) is 0 Å². The molecule has 0 aliphatic carbocycles. The van der Waals surface area contributed by atoms with Crippen molar-refractivity contribution in [2.45, 2.75) is 19.6 Å². The van der Waals surface area contributed by atoms with Crippen LogP contribution in [-0.2, 0) is 11.3 Å². The molecule has 1 fully saturated rings. The van der Waals surface area contributed by atoms with Crippen LogP contribution in [0.25, 0.3) is 11.5 Å². The van der Waals surface area contributed by atoms with Gasteiger partial charge in [0.1, 0.15) is 0 Å². The lowest BCUT2D eigenvalue weighted by Crippen LogP contribution is -2.43. The lowest BCUT2D eigenvalue weighted by Gasteiger charge is -2.30. The molecule has 1 unspecified atom stereocenters. The SMILES string of the molecule is Cc1cccc(-c2nnc(CN3CCOC(CO)C3)o2)c1. The zero-order chi connectivity index (χ0) is 14.7. The number of aromatic nitrogens is 2. The molecule has 2 aromatic rings. The molecule has 0 radical (unpaired) electrons. The first-order chi connectivity index (χ1) is 10.2. The summed E-state index contributed by atoms with van der Waals surface area (Å²) in [5.41, 5.74) is 2.09. The molecule has 1 saturated heterocycles. The number of ether oxygens (including phenoxy) is 1. The van der Waals surface area contributed by atoms with Crippen LogP contribution in [-0.4, -0.2) is 52.6 Å². The second-order valence-electron chi connectivity index (χ2n) is 5.28. The van der Waals surface area contributed by atoms with Crippen molar-refractivity contribution in [1.82, 2.24) is 15.1 Å². The molecule has 1 aliphatic rings. The smallest absolute Gasteiger partial charge is 0.247 e. The van der Waals surface area contributed by atoms with Gasteiger partial charge in [0, 0.05) is 18.7 Å². The minimum absolute atomic E-state index is 0.0366. The number of nitrogens with zero attached hydrogens (tertiary/aromatic N) is 3. The van der Waals surface area contributed by atoms with Gasteiger partial charge in [0.05, 0.1) is 25.9 Å². The highest BCUT2D eigenvalue weighted by atomic mass is 16.5. The first-order valence-corrected chi connectivity index (χ1v) is 7.09. The van der Waals surface area contributed by atoms with E-state index in [1.165, 1.54) is 0 Å². The second kappa shape index (κ2) is 6.34. The Balaban J connectivity index is 1.68. The third-order valence-corrected chi connectivity index (χ3v) is 3.52. The maximum Gasteiger partial charge on any atom is 0.247 e. The van der Waals surface area contributed by atoms with Crippen molar-refractivity contribution in [3.63, 3.8) is 0 Å². The highest BCUT2D eigenvalue weighted by Crippen LogP contribution is 2.19. The third-order valence-electron chi connectivity index (χ3n) is 3.52. The molecule has 6 heteroatoms. The zero-order valence-corrected chi connectivity index (χ0v) is 12.0. The number of aliphatic hydroxyl groups excluding tert-OH is 1. The topological polar surface area (TPSA) is 71.6 Å². The Kier molecular flexibility index (Phi) is 4.28. The van der Waals surface area contributed by atoms with Crippen LogP contribution in [0.3, 0.4) is 0 Å². The Bertz CT molecular complexity index is 599. The zero-order valence-electron chi connectivity index (χ0n) is 12.0. The summed E-state index contributed by atoms with van der Waals surface area (Å²) < 4.78 is 11.2. The number of hydrogen-bond acceptors (Lipinski definition) is 6. The summed E-state index contributed by atoms with van der Waals surface area (Å²) in [7, 11) is 0. The van der Waals surface area contributed by atoms with Gasteiger partial charge in [-0.1, -0.05) is 17.7 Å². The Morgan fingerprint density at radius 1 is 1.38 bits per heavy atom. The van der Waals surface area contributed by atoms with E-state index in [1.54, 1.807) is 0 Å². The Morgan fingerprint density at radius 2 is 2.29 bits per heavy atom. The van der Waals surface area contributed by atoms with Gasteiger partial charge in [-0.05, 0) is 19.1 Å². The lowest BCUT2D eigenvalue weighted by atomic mass is 10.1. The van der Waals surface area contributed by atoms with Gasteiger partial charge in [0.2, 0.25) is 11.8 Å². The lowest BCUT2D eigenvalue weighted by molar-refractivity contribution is -0.0568. The molecule has 6 nitrogen and oxygen atoms in total. The summed E-state index contributed by atoms with van der Waals surface area (Å²) in [4.78, 5) is 2.15. The predicted molar refractivity (Wildman–Crippen MR) is 76.6 cm³/mol. The van der Waals surface area contributed by atoms with Crippen LogP contribution in [0.1, 0.15) is 11.5 Å². The molecule has 0 bridgehead atoms. The highest BCUT2D eigenvalue weighted by Gasteiger charge is 2.21. The van der Waals surface area contributed by atoms with Gasteiger partial charge in [0.25, 0.3) is 0 Å². The molecular formula is C15H19N3O3. The van der Waals surface area contributed by atoms with Crippen molar-refractivity contribution in [3.05, 3.63) is 35.7 Å². The van der Waals surface area contributed by atoms with Gasteiger partial charge < -0.3 is 14.3 Å². The monoisotopic (exact) mass is 289 g/mol.